The van der Waals surface area contributed by atoms with Gasteiger partial charge in [-0.05, 0) is 28.8 Å². The van der Waals surface area contributed by atoms with E-state index in [4.69, 9.17) is 5.73 Å². The fraction of sp³-hybridized carbons (Fsp3) is 0.263. The van der Waals surface area contributed by atoms with Gasteiger partial charge in [-0.1, -0.05) is 50.6 Å². The van der Waals surface area contributed by atoms with E-state index in [1.807, 2.05) is 56.3 Å². The molecule has 124 valence electrons. The van der Waals surface area contributed by atoms with Crippen molar-refractivity contribution < 1.29 is 9.59 Å². The minimum absolute atomic E-state index is 0.0170. The van der Waals surface area contributed by atoms with Gasteiger partial charge in [-0.2, -0.15) is 0 Å². The van der Waals surface area contributed by atoms with Crippen LogP contribution in [0.4, 0.5) is 0 Å². The SMILES string of the molecule is CCC(C)C(NC(=O)c1cc2c(ccc3ccccc32)[nH]1)C(N)=O. The van der Waals surface area contributed by atoms with Crippen molar-refractivity contribution in [2.75, 3.05) is 0 Å². The lowest BCUT2D eigenvalue weighted by atomic mass is 9.98. The molecule has 0 aliphatic carbocycles. The average molecular weight is 323 g/mol. The Morgan fingerprint density at radius 2 is 1.92 bits per heavy atom. The van der Waals surface area contributed by atoms with Crippen LogP contribution < -0.4 is 11.1 Å². The van der Waals surface area contributed by atoms with Crippen molar-refractivity contribution in [1.82, 2.24) is 10.3 Å². The molecule has 3 rings (SSSR count). The van der Waals surface area contributed by atoms with E-state index in [2.05, 4.69) is 10.3 Å². The number of amides is 2. The number of carbonyl (C=O) groups is 2. The predicted molar refractivity (Wildman–Crippen MR) is 95.7 cm³/mol. The molecule has 5 nitrogen and oxygen atoms in total. The van der Waals surface area contributed by atoms with Crippen molar-refractivity contribution in [3.05, 3.63) is 48.2 Å². The van der Waals surface area contributed by atoms with Crippen LogP contribution in [-0.2, 0) is 4.79 Å². The van der Waals surface area contributed by atoms with E-state index in [-0.39, 0.29) is 11.8 Å². The lowest BCUT2D eigenvalue weighted by Crippen LogP contribution is -2.48. The third-order valence-corrected chi connectivity index (χ3v) is 4.58. The first-order valence-corrected chi connectivity index (χ1v) is 8.12. The van der Waals surface area contributed by atoms with E-state index in [1.165, 1.54) is 0 Å². The van der Waals surface area contributed by atoms with Gasteiger partial charge in [0.25, 0.3) is 5.91 Å². The third kappa shape index (κ3) is 2.85. The van der Waals surface area contributed by atoms with Gasteiger partial charge in [0.05, 0.1) is 0 Å². The first-order valence-electron chi connectivity index (χ1n) is 8.12. The molecule has 5 heteroatoms. The largest absolute Gasteiger partial charge is 0.368 e. The van der Waals surface area contributed by atoms with Crippen LogP contribution in [0, 0.1) is 5.92 Å². The van der Waals surface area contributed by atoms with Crippen LogP contribution in [0.5, 0.6) is 0 Å². The number of benzene rings is 2. The zero-order chi connectivity index (χ0) is 17.3. The molecule has 0 saturated heterocycles. The second kappa shape index (κ2) is 6.35. The van der Waals surface area contributed by atoms with Gasteiger partial charge in [0.1, 0.15) is 11.7 Å². The molecule has 0 fully saturated rings. The minimum atomic E-state index is -0.675. The topological polar surface area (TPSA) is 88.0 Å². The van der Waals surface area contributed by atoms with Crippen LogP contribution in [0.1, 0.15) is 30.8 Å². The highest BCUT2D eigenvalue weighted by Gasteiger charge is 2.24. The first-order chi connectivity index (χ1) is 11.5. The Bertz CT molecular complexity index is 913. The van der Waals surface area contributed by atoms with E-state index in [0.717, 1.165) is 28.1 Å². The molecule has 0 aliphatic heterocycles. The maximum Gasteiger partial charge on any atom is 0.268 e. The molecule has 1 heterocycles. The molecule has 24 heavy (non-hydrogen) atoms. The minimum Gasteiger partial charge on any atom is -0.368 e. The Kier molecular flexibility index (Phi) is 4.25. The molecule has 0 radical (unpaired) electrons. The van der Waals surface area contributed by atoms with Crippen LogP contribution in [-0.4, -0.2) is 22.8 Å². The average Bonchev–Trinajstić information content (AvgIpc) is 3.03. The number of carbonyl (C=O) groups excluding carboxylic acids is 2. The van der Waals surface area contributed by atoms with Crippen LogP contribution in [0.3, 0.4) is 0 Å². The summed E-state index contributed by atoms with van der Waals surface area (Å²) in [6.45, 7) is 3.86. The van der Waals surface area contributed by atoms with Gasteiger partial charge in [-0.3, -0.25) is 9.59 Å². The van der Waals surface area contributed by atoms with Gasteiger partial charge in [-0.15, -0.1) is 0 Å². The summed E-state index contributed by atoms with van der Waals surface area (Å²) in [6.07, 6.45) is 0.755. The Morgan fingerprint density at radius 3 is 2.62 bits per heavy atom. The van der Waals surface area contributed by atoms with Crippen molar-refractivity contribution in [1.29, 1.82) is 0 Å². The Balaban J connectivity index is 1.95. The quantitative estimate of drug-likeness (QED) is 0.674. The predicted octanol–water partition coefficient (Wildman–Crippen LogP) is 2.95. The molecule has 1 aromatic heterocycles. The molecule has 3 aromatic rings. The summed E-state index contributed by atoms with van der Waals surface area (Å²) >= 11 is 0. The fourth-order valence-electron chi connectivity index (χ4n) is 2.96. The van der Waals surface area contributed by atoms with E-state index >= 15 is 0 Å². The number of fused-ring (bicyclic) bond motifs is 3. The monoisotopic (exact) mass is 323 g/mol. The summed E-state index contributed by atoms with van der Waals surface area (Å²) in [5, 5.41) is 5.93. The standard InChI is InChI=1S/C19H21N3O2/c1-3-11(2)17(18(20)23)22-19(24)16-10-14-13-7-5-4-6-12(13)8-9-15(14)21-16/h4-11,17,21H,3H2,1-2H3,(H2,20,23)(H,22,24). The number of rotatable bonds is 5. The number of nitrogens with two attached hydrogens (primary N) is 1. The second-order valence-electron chi connectivity index (χ2n) is 6.17. The van der Waals surface area contributed by atoms with Crippen molar-refractivity contribution in [3.63, 3.8) is 0 Å². The maximum atomic E-state index is 12.5. The summed E-state index contributed by atoms with van der Waals surface area (Å²) in [5.41, 5.74) is 6.74. The number of primary amides is 1. The van der Waals surface area contributed by atoms with E-state index < -0.39 is 11.9 Å². The molecule has 2 aromatic carbocycles. The number of nitrogens with one attached hydrogen (secondary N) is 2. The fourth-order valence-corrected chi connectivity index (χ4v) is 2.96. The van der Waals surface area contributed by atoms with Crippen molar-refractivity contribution in [2.45, 2.75) is 26.3 Å². The highest BCUT2D eigenvalue weighted by molar-refractivity contribution is 6.10. The Hall–Kier alpha value is -2.82. The Labute approximate surface area is 140 Å². The molecule has 4 N–H and O–H groups in total. The molecule has 0 spiro atoms. The molecule has 2 amide bonds. The Morgan fingerprint density at radius 1 is 1.17 bits per heavy atom. The first kappa shape index (κ1) is 16.1. The number of hydrogen-bond acceptors (Lipinski definition) is 2. The third-order valence-electron chi connectivity index (χ3n) is 4.58. The lowest BCUT2D eigenvalue weighted by Gasteiger charge is -2.20. The molecule has 0 bridgehead atoms. The van der Waals surface area contributed by atoms with Crippen molar-refractivity contribution in [2.24, 2.45) is 11.7 Å². The molecular formula is C19H21N3O2. The summed E-state index contributed by atoms with van der Waals surface area (Å²) in [5.74, 6) is -0.852. The van der Waals surface area contributed by atoms with Crippen molar-refractivity contribution in [3.8, 4) is 0 Å². The van der Waals surface area contributed by atoms with Crippen molar-refractivity contribution >= 4 is 33.5 Å². The van der Waals surface area contributed by atoms with E-state index in [1.54, 1.807) is 0 Å². The van der Waals surface area contributed by atoms with Gasteiger partial charge < -0.3 is 16.0 Å². The maximum absolute atomic E-state index is 12.5. The zero-order valence-corrected chi connectivity index (χ0v) is 13.8. The zero-order valence-electron chi connectivity index (χ0n) is 13.8. The summed E-state index contributed by atoms with van der Waals surface area (Å²) in [4.78, 5) is 27.3. The van der Waals surface area contributed by atoms with E-state index in [9.17, 15) is 9.59 Å². The number of aromatic amines is 1. The smallest absolute Gasteiger partial charge is 0.268 e. The molecule has 2 atom stereocenters. The van der Waals surface area contributed by atoms with Gasteiger partial charge in [0.2, 0.25) is 5.91 Å². The van der Waals surface area contributed by atoms with Gasteiger partial charge in [0, 0.05) is 10.9 Å². The highest BCUT2D eigenvalue weighted by atomic mass is 16.2. The van der Waals surface area contributed by atoms with Crippen LogP contribution in [0.2, 0.25) is 0 Å². The van der Waals surface area contributed by atoms with Gasteiger partial charge >= 0.3 is 0 Å². The van der Waals surface area contributed by atoms with Crippen LogP contribution >= 0.6 is 0 Å². The lowest BCUT2D eigenvalue weighted by molar-refractivity contribution is -0.120. The number of hydrogen-bond donors (Lipinski definition) is 3. The van der Waals surface area contributed by atoms with Gasteiger partial charge in [0.15, 0.2) is 0 Å². The normalized spacial score (nSPS) is 13.8. The molecule has 0 saturated carbocycles. The summed E-state index contributed by atoms with van der Waals surface area (Å²) in [7, 11) is 0. The molecular weight excluding hydrogens is 302 g/mol. The van der Waals surface area contributed by atoms with Gasteiger partial charge in [-0.25, -0.2) is 0 Å². The second-order valence-corrected chi connectivity index (χ2v) is 6.17. The summed E-state index contributed by atoms with van der Waals surface area (Å²) < 4.78 is 0. The number of H-pyrrole nitrogens is 1. The molecule has 0 aliphatic rings. The molecule has 2 unspecified atom stereocenters. The van der Waals surface area contributed by atoms with E-state index in [0.29, 0.717) is 5.69 Å². The van der Waals surface area contributed by atoms with Crippen LogP contribution in [0.15, 0.2) is 42.5 Å². The van der Waals surface area contributed by atoms with Crippen LogP contribution in [0.25, 0.3) is 21.7 Å². The summed E-state index contributed by atoms with van der Waals surface area (Å²) in [6, 6.07) is 13.1. The highest BCUT2D eigenvalue weighted by Crippen LogP contribution is 2.26. The number of aromatic nitrogens is 1.